The zero-order valence-electron chi connectivity index (χ0n) is 4.19. The van der Waals surface area contributed by atoms with Crippen molar-refractivity contribution in [3.8, 4) is 0 Å². The summed E-state index contributed by atoms with van der Waals surface area (Å²) in [5.74, 6) is 2.49. The maximum Gasteiger partial charge on any atom is 0.0426 e. The van der Waals surface area contributed by atoms with Gasteiger partial charge in [-0.15, -0.1) is 11.6 Å². The van der Waals surface area contributed by atoms with Gasteiger partial charge in [-0.3, -0.25) is 0 Å². The van der Waals surface area contributed by atoms with Crippen LogP contribution < -0.4 is 0 Å². The van der Waals surface area contributed by atoms with Gasteiger partial charge in [-0.1, -0.05) is 0 Å². The summed E-state index contributed by atoms with van der Waals surface area (Å²) in [6, 6.07) is 0. The second-order valence-electron chi connectivity index (χ2n) is 1.81. The fourth-order valence-electron chi connectivity index (χ4n) is 0.701. The van der Waals surface area contributed by atoms with Gasteiger partial charge >= 0.3 is 0 Å². The van der Waals surface area contributed by atoms with E-state index in [1.54, 1.807) is 0 Å². The van der Waals surface area contributed by atoms with Crippen LogP contribution in [-0.2, 0) is 0 Å². The molecule has 0 aromatic heterocycles. The fraction of sp³-hybridized carbons (Fsp3) is 1.00. The molecule has 1 aliphatic heterocycles. The van der Waals surface area contributed by atoms with Crippen LogP contribution in [-0.4, -0.2) is 16.9 Å². The topological polar surface area (TPSA) is 0 Å². The van der Waals surface area contributed by atoms with E-state index in [-0.39, 0.29) is 0 Å². The summed E-state index contributed by atoms with van der Waals surface area (Å²) < 4.78 is 0. The van der Waals surface area contributed by atoms with Gasteiger partial charge in [0.25, 0.3) is 0 Å². The molecule has 1 heterocycles. The summed E-state index contributed by atoms with van der Waals surface area (Å²) in [5.41, 5.74) is 0. The van der Waals surface area contributed by atoms with Crippen LogP contribution in [0.15, 0.2) is 0 Å². The highest BCUT2D eigenvalue weighted by molar-refractivity contribution is 7.99. The lowest BCUT2D eigenvalue weighted by Gasteiger charge is -2.13. The van der Waals surface area contributed by atoms with Crippen LogP contribution in [0.4, 0.5) is 0 Å². The molecule has 1 fully saturated rings. The molecule has 42 valence electrons. The molecule has 0 amide bonds. The Kier molecular flexibility index (Phi) is 2.33. The van der Waals surface area contributed by atoms with E-state index in [2.05, 4.69) is 0 Å². The maximum atomic E-state index is 5.80. The molecule has 0 N–H and O–H groups in total. The van der Waals surface area contributed by atoms with Crippen molar-refractivity contribution in [3.05, 3.63) is 0 Å². The Morgan fingerprint density at radius 2 is 2.43 bits per heavy atom. The maximum absolute atomic E-state index is 5.80. The predicted octanol–water partition coefficient (Wildman–Crippen LogP) is 2.12. The van der Waals surface area contributed by atoms with E-state index in [0.29, 0.717) is 5.38 Å². The average Bonchev–Trinajstić information content (AvgIpc) is 1.69. The van der Waals surface area contributed by atoms with E-state index < -0.39 is 0 Å². The lowest BCUT2D eigenvalue weighted by Crippen LogP contribution is -2.08. The second-order valence-corrected chi connectivity index (χ2v) is 3.58. The average molecular weight is 137 g/mol. The molecule has 1 unspecified atom stereocenters. The van der Waals surface area contributed by atoms with Crippen LogP contribution in [0.25, 0.3) is 0 Å². The van der Waals surface area contributed by atoms with Crippen LogP contribution in [0.2, 0.25) is 0 Å². The lowest BCUT2D eigenvalue weighted by atomic mass is 10.3. The Morgan fingerprint density at radius 3 is 2.71 bits per heavy atom. The minimum atomic E-state index is 0.471. The monoisotopic (exact) mass is 136 g/mol. The third kappa shape index (κ3) is 1.92. The van der Waals surface area contributed by atoms with E-state index in [1.165, 1.54) is 24.3 Å². The third-order valence-corrected chi connectivity index (χ3v) is 2.88. The minimum Gasteiger partial charge on any atom is -0.160 e. The smallest absolute Gasteiger partial charge is 0.0426 e. The van der Waals surface area contributed by atoms with Gasteiger partial charge in [-0.05, 0) is 18.6 Å². The Bertz CT molecular complexity index is 50.0. The number of halogens is 1. The first-order valence-electron chi connectivity index (χ1n) is 2.61. The molecule has 1 saturated heterocycles. The summed E-state index contributed by atoms with van der Waals surface area (Å²) in [7, 11) is 0. The van der Waals surface area contributed by atoms with Crippen molar-refractivity contribution in [1.29, 1.82) is 0 Å². The highest BCUT2D eigenvalue weighted by Gasteiger charge is 2.08. The van der Waals surface area contributed by atoms with E-state index in [1.807, 2.05) is 11.8 Å². The second kappa shape index (κ2) is 2.83. The van der Waals surface area contributed by atoms with Crippen molar-refractivity contribution >= 4 is 23.4 Å². The molecule has 0 bridgehead atoms. The van der Waals surface area contributed by atoms with Crippen molar-refractivity contribution in [2.24, 2.45) is 0 Å². The molecule has 0 aromatic carbocycles. The summed E-state index contributed by atoms with van der Waals surface area (Å²) >= 11 is 7.77. The predicted molar refractivity (Wildman–Crippen MR) is 36.2 cm³/mol. The van der Waals surface area contributed by atoms with Crippen LogP contribution in [0.5, 0.6) is 0 Å². The Morgan fingerprint density at radius 1 is 1.57 bits per heavy atom. The van der Waals surface area contributed by atoms with Gasteiger partial charge in [0.05, 0.1) is 0 Å². The van der Waals surface area contributed by atoms with E-state index >= 15 is 0 Å². The Labute approximate surface area is 53.6 Å². The molecule has 7 heavy (non-hydrogen) atoms. The SMILES string of the molecule is ClC1CCCSC1. The van der Waals surface area contributed by atoms with Gasteiger partial charge in [-0.2, -0.15) is 11.8 Å². The Hall–Kier alpha value is 0.640. The first kappa shape index (κ1) is 5.77. The van der Waals surface area contributed by atoms with Crippen LogP contribution in [0.1, 0.15) is 12.8 Å². The summed E-state index contributed by atoms with van der Waals surface area (Å²) in [6.07, 6.45) is 2.55. The number of hydrogen-bond donors (Lipinski definition) is 0. The number of rotatable bonds is 0. The molecular formula is C5H9ClS. The summed E-state index contributed by atoms with van der Waals surface area (Å²) in [4.78, 5) is 0. The molecule has 2 heteroatoms. The standard InChI is InChI=1S/C5H9ClS/c6-5-2-1-3-7-4-5/h5H,1-4H2. The zero-order chi connectivity index (χ0) is 5.11. The highest BCUT2D eigenvalue weighted by atomic mass is 35.5. The van der Waals surface area contributed by atoms with Crippen molar-refractivity contribution in [2.75, 3.05) is 11.5 Å². The first-order chi connectivity index (χ1) is 3.39. The van der Waals surface area contributed by atoms with E-state index in [4.69, 9.17) is 11.6 Å². The summed E-state index contributed by atoms with van der Waals surface area (Å²) in [5, 5.41) is 0.471. The quantitative estimate of drug-likeness (QED) is 0.460. The molecule has 1 aliphatic rings. The normalized spacial score (nSPS) is 33.0. The van der Waals surface area contributed by atoms with Crippen LogP contribution >= 0.6 is 23.4 Å². The largest absolute Gasteiger partial charge is 0.160 e. The van der Waals surface area contributed by atoms with Crippen LogP contribution in [0.3, 0.4) is 0 Å². The zero-order valence-corrected chi connectivity index (χ0v) is 5.76. The fourth-order valence-corrected chi connectivity index (χ4v) is 2.08. The number of thioether (sulfide) groups is 1. The molecule has 0 aliphatic carbocycles. The van der Waals surface area contributed by atoms with E-state index in [9.17, 15) is 0 Å². The molecule has 0 saturated carbocycles. The van der Waals surface area contributed by atoms with Gasteiger partial charge in [-0.25, -0.2) is 0 Å². The molecule has 1 atom stereocenters. The molecular weight excluding hydrogens is 128 g/mol. The van der Waals surface area contributed by atoms with Crippen molar-refractivity contribution in [1.82, 2.24) is 0 Å². The van der Waals surface area contributed by atoms with Gasteiger partial charge < -0.3 is 0 Å². The van der Waals surface area contributed by atoms with Gasteiger partial charge in [0.1, 0.15) is 0 Å². The third-order valence-electron chi connectivity index (χ3n) is 1.10. The molecule has 0 radical (unpaired) electrons. The highest BCUT2D eigenvalue weighted by Crippen LogP contribution is 2.20. The minimum absolute atomic E-state index is 0.471. The molecule has 0 spiro atoms. The van der Waals surface area contributed by atoms with Gasteiger partial charge in [0.15, 0.2) is 0 Å². The van der Waals surface area contributed by atoms with Crippen LogP contribution in [0, 0.1) is 0 Å². The molecule has 0 nitrogen and oxygen atoms in total. The van der Waals surface area contributed by atoms with Gasteiger partial charge in [0.2, 0.25) is 0 Å². The van der Waals surface area contributed by atoms with Crippen molar-refractivity contribution < 1.29 is 0 Å². The van der Waals surface area contributed by atoms with E-state index in [0.717, 1.165) is 0 Å². The van der Waals surface area contributed by atoms with Gasteiger partial charge in [0, 0.05) is 11.1 Å². The Balaban J connectivity index is 2.12. The molecule has 0 aromatic rings. The van der Waals surface area contributed by atoms with Crippen molar-refractivity contribution in [2.45, 2.75) is 18.2 Å². The first-order valence-corrected chi connectivity index (χ1v) is 4.20. The summed E-state index contributed by atoms with van der Waals surface area (Å²) in [6.45, 7) is 0. The number of alkyl halides is 1. The molecule has 1 rings (SSSR count). The van der Waals surface area contributed by atoms with Crippen molar-refractivity contribution in [3.63, 3.8) is 0 Å². The number of hydrogen-bond acceptors (Lipinski definition) is 1. The lowest BCUT2D eigenvalue weighted by molar-refractivity contribution is 0.772.